The van der Waals surface area contributed by atoms with Gasteiger partial charge in [0.15, 0.2) is 0 Å². The van der Waals surface area contributed by atoms with E-state index in [-0.39, 0.29) is 22.9 Å². The summed E-state index contributed by atoms with van der Waals surface area (Å²) in [6.45, 7) is 4.52. The number of aryl methyl sites for hydroxylation is 2. The van der Waals surface area contributed by atoms with E-state index in [0.717, 1.165) is 11.1 Å². The molecule has 0 spiro atoms. The van der Waals surface area contributed by atoms with Gasteiger partial charge in [0.25, 0.3) is 20.2 Å². The van der Waals surface area contributed by atoms with Crippen LogP contribution in [-0.2, 0) is 28.6 Å². The van der Waals surface area contributed by atoms with E-state index in [1.54, 1.807) is 31.2 Å². The Balaban J connectivity index is 2.14. The zero-order valence-electron chi connectivity index (χ0n) is 16.8. The molecule has 2 rings (SSSR count). The zero-order valence-corrected chi connectivity index (χ0v) is 18.4. The molecule has 0 saturated heterocycles. The van der Waals surface area contributed by atoms with Crippen molar-refractivity contribution in [3.8, 4) is 0 Å². The number of hydrogen-bond donors (Lipinski definition) is 0. The summed E-state index contributed by atoms with van der Waals surface area (Å²) in [5, 5.41) is 3.38. The fourth-order valence-corrected chi connectivity index (χ4v) is 4.58. The number of azide groups is 1. The van der Waals surface area contributed by atoms with Crippen molar-refractivity contribution < 1.29 is 25.2 Å². The molecule has 0 N–H and O–H groups in total. The van der Waals surface area contributed by atoms with Gasteiger partial charge >= 0.3 is 0 Å². The number of nitrogens with zero attached hydrogens (tertiary/aromatic N) is 3. The van der Waals surface area contributed by atoms with Crippen LogP contribution in [0.5, 0.6) is 0 Å². The molecule has 2 aromatic rings. The third-order valence-electron chi connectivity index (χ3n) is 4.32. The van der Waals surface area contributed by atoms with Crippen LogP contribution in [0.25, 0.3) is 10.4 Å². The molecule has 9 nitrogen and oxygen atoms in total. The molecular weight excluding hydrogens is 430 g/mol. The molecule has 2 atom stereocenters. The number of benzene rings is 2. The summed E-state index contributed by atoms with van der Waals surface area (Å²) in [5.41, 5.74) is 10.4. The van der Waals surface area contributed by atoms with Crippen molar-refractivity contribution in [1.82, 2.24) is 0 Å². The molecule has 0 unspecified atom stereocenters. The predicted molar refractivity (Wildman–Crippen MR) is 111 cm³/mol. The Morgan fingerprint density at radius 3 is 1.83 bits per heavy atom. The maximum Gasteiger partial charge on any atom is 0.297 e. The highest BCUT2D eigenvalue weighted by Crippen LogP contribution is 2.21. The van der Waals surface area contributed by atoms with Crippen LogP contribution in [0.1, 0.15) is 18.1 Å². The normalized spacial score (nSPS) is 14.0. The molecule has 0 aliphatic heterocycles. The summed E-state index contributed by atoms with van der Waals surface area (Å²) < 4.78 is 60.2. The van der Waals surface area contributed by atoms with Gasteiger partial charge in [0.05, 0.1) is 29.0 Å². The average Bonchev–Trinajstić information content (AvgIpc) is 2.70. The summed E-state index contributed by atoms with van der Waals surface area (Å²) in [6.07, 6.45) is -1.11. The first-order chi connectivity index (χ1) is 14.0. The fourth-order valence-electron chi connectivity index (χ4n) is 2.42. The Bertz CT molecular complexity index is 1110. The van der Waals surface area contributed by atoms with Gasteiger partial charge in [0.2, 0.25) is 0 Å². The highest BCUT2D eigenvalue weighted by Gasteiger charge is 2.28. The van der Waals surface area contributed by atoms with Gasteiger partial charge in [-0.1, -0.05) is 47.4 Å². The molecule has 0 aliphatic rings. The van der Waals surface area contributed by atoms with Gasteiger partial charge in [0.1, 0.15) is 0 Å². The Kier molecular flexibility index (Phi) is 7.99. The van der Waals surface area contributed by atoms with Gasteiger partial charge < -0.3 is 0 Å². The van der Waals surface area contributed by atoms with Crippen molar-refractivity contribution in [2.24, 2.45) is 11.0 Å². The highest BCUT2D eigenvalue weighted by atomic mass is 32.2. The Labute approximate surface area is 176 Å². The Hall–Kier alpha value is -2.43. The van der Waals surface area contributed by atoms with Gasteiger partial charge in [-0.2, -0.15) is 16.8 Å². The van der Waals surface area contributed by atoms with Gasteiger partial charge in [-0.05, 0) is 43.6 Å². The van der Waals surface area contributed by atoms with Crippen LogP contribution in [0.15, 0.2) is 63.4 Å². The van der Waals surface area contributed by atoms with E-state index >= 15 is 0 Å². The standard InChI is InChI=1S/C19H23N3O6S2/c1-14-4-8-17(9-5-14)29(23,24)27-13-16(3)19(12-21-22-20)28-30(25,26)18-10-6-15(2)7-11-18/h4-11,16,19H,12-13H2,1-3H3/t16-,19+/m0/s1. The minimum absolute atomic E-state index is 0.0138. The average molecular weight is 454 g/mol. The highest BCUT2D eigenvalue weighted by molar-refractivity contribution is 7.87. The Morgan fingerprint density at radius 2 is 1.37 bits per heavy atom. The molecule has 0 heterocycles. The molecular formula is C19H23N3O6S2. The largest absolute Gasteiger partial charge is 0.297 e. The summed E-state index contributed by atoms with van der Waals surface area (Å²) in [7, 11) is -8.19. The van der Waals surface area contributed by atoms with E-state index in [4.69, 9.17) is 13.9 Å². The first-order valence-corrected chi connectivity index (χ1v) is 11.8. The predicted octanol–water partition coefficient (Wildman–Crippen LogP) is 3.73. The second-order valence-electron chi connectivity index (χ2n) is 6.84. The molecule has 0 bridgehead atoms. The molecule has 0 fully saturated rings. The summed E-state index contributed by atoms with van der Waals surface area (Å²) >= 11 is 0. The first kappa shape index (κ1) is 23.8. The second-order valence-corrected chi connectivity index (χ2v) is 10.0. The summed E-state index contributed by atoms with van der Waals surface area (Å²) in [6, 6.07) is 12.2. The molecule has 11 heteroatoms. The van der Waals surface area contributed by atoms with Crippen LogP contribution >= 0.6 is 0 Å². The Morgan fingerprint density at radius 1 is 0.900 bits per heavy atom. The summed E-state index contributed by atoms with van der Waals surface area (Å²) in [4.78, 5) is 2.56. The van der Waals surface area contributed by atoms with Crippen LogP contribution < -0.4 is 0 Å². The van der Waals surface area contributed by atoms with Crippen molar-refractivity contribution in [1.29, 1.82) is 0 Å². The maximum absolute atomic E-state index is 12.6. The molecule has 30 heavy (non-hydrogen) atoms. The molecule has 162 valence electrons. The third-order valence-corrected chi connectivity index (χ3v) is 6.96. The fraction of sp³-hybridized carbons (Fsp3) is 0.368. The van der Waals surface area contributed by atoms with Crippen LogP contribution in [0.2, 0.25) is 0 Å². The minimum Gasteiger partial charge on any atom is -0.266 e. The van der Waals surface area contributed by atoms with Gasteiger partial charge in [0, 0.05) is 10.8 Å². The molecule has 2 aromatic carbocycles. The van der Waals surface area contributed by atoms with Crippen molar-refractivity contribution in [3.63, 3.8) is 0 Å². The lowest BCUT2D eigenvalue weighted by Crippen LogP contribution is -2.31. The van der Waals surface area contributed by atoms with Gasteiger partial charge in [-0.25, -0.2) is 0 Å². The quantitative estimate of drug-likeness (QED) is 0.233. The zero-order chi connectivity index (χ0) is 22.4. The van der Waals surface area contributed by atoms with Gasteiger partial charge in [-0.15, -0.1) is 0 Å². The molecule has 0 aliphatic carbocycles. The number of hydrogen-bond acceptors (Lipinski definition) is 7. The van der Waals surface area contributed by atoms with Crippen LogP contribution in [0.4, 0.5) is 0 Å². The van der Waals surface area contributed by atoms with Crippen molar-refractivity contribution in [2.75, 3.05) is 13.2 Å². The van der Waals surface area contributed by atoms with Crippen LogP contribution in [0.3, 0.4) is 0 Å². The molecule has 0 saturated carbocycles. The van der Waals surface area contributed by atoms with E-state index < -0.39 is 32.3 Å². The van der Waals surface area contributed by atoms with Crippen LogP contribution in [0, 0.1) is 19.8 Å². The maximum atomic E-state index is 12.6. The lowest BCUT2D eigenvalue weighted by atomic mass is 10.1. The van der Waals surface area contributed by atoms with Gasteiger partial charge in [-0.3, -0.25) is 8.37 Å². The second kappa shape index (κ2) is 10.1. The van der Waals surface area contributed by atoms with E-state index in [9.17, 15) is 16.8 Å². The van der Waals surface area contributed by atoms with E-state index in [1.165, 1.54) is 24.3 Å². The number of rotatable bonds is 10. The summed E-state index contributed by atoms with van der Waals surface area (Å²) in [5.74, 6) is -0.712. The smallest absolute Gasteiger partial charge is 0.266 e. The van der Waals surface area contributed by atoms with Crippen molar-refractivity contribution in [2.45, 2.75) is 36.7 Å². The van der Waals surface area contributed by atoms with Crippen LogP contribution in [-0.4, -0.2) is 36.1 Å². The van der Waals surface area contributed by atoms with Crippen molar-refractivity contribution >= 4 is 20.2 Å². The monoisotopic (exact) mass is 453 g/mol. The topological polar surface area (TPSA) is 136 Å². The van der Waals surface area contributed by atoms with Crippen molar-refractivity contribution in [3.05, 3.63) is 70.1 Å². The van der Waals surface area contributed by atoms with E-state index in [0.29, 0.717) is 0 Å². The molecule has 0 amide bonds. The third kappa shape index (κ3) is 6.54. The first-order valence-electron chi connectivity index (χ1n) is 9.02. The lowest BCUT2D eigenvalue weighted by Gasteiger charge is -2.22. The van der Waals surface area contributed by atoms with E-state index in [1.807, 2.05) is 13.8 Å². The lowest BCUT2D eigenvalue weighted by molar-refractivity contribution is 0.119. The molecule has 0 radical (unpaired) electrons. The van der Waals surface area contributed by atoms with E-state index in [2.05, 4.69) is 10.0 Å². The minimum atomic E-state index is -4.15. The SMILES string of the molecule is Cc1ccc(S(=O)(=O)OC[C@H](C)[C@@H](CN=[N+]=[N-])OS(=O)(=O)c2ccc(C)cc2)cc1. The molecule has 0 aromatic heterocycles.